The van der Waals surface area contributed by atoms with Crippen LogP contribution in [0.4, 0.5) is 5.69 Å². The molecule has 0 bridgehead atoms. The molecule has 1 saturated heterocycles. The lowest BCUT2D eigenvalue weighted by Gasteiger charge is -2.36. The Bertz CT molecular complexity index is 590. The van der Waals surface area contributed by atoms with Crippen molar-refractivity contribution in [2.45, 2.75) is 33.3 Å². The Hall–Kier alpha value is -1.59. The average Bonchev–Trinajstić information content (AvgIpc) is 2.34. The molecule has 1 aromatic carbocycles. The van der Waals surface area contributed by atoms with Gasteiger partial charge in [-0.2, -0.15) is 0 Å². The summed E-state index contributed by atoms with van der Waals surface area (Å²) < 4.78 is 0. The number of hydrogen-bond donors (Lipinski definition) is 2. The smallest absolute Gasteiger partial charge is 0.255 e. The normalized spacial score (nSPS) is 15.4. The first-order valence-corrected chi connectivity index (χ1v) is 7.60. The maximum atomic E-state index is 12.3. The lowest BCUT2D eigenvalue weighted by Crippen LogP contribution is -2.53. The van der Waals surface area contributed by atoms with Gasteiger partial charge in [-0.1, -0.05) is 32.4 Å². The standard InChI is InChI=1S/C16H21ClN2O3/c1-16(2,3)7-14(21)18-10-4-5-13(17)12(6-10)15(22)19-8-11(20)9-19/h4-6,11,20H,7-9H2,1-3H3,(H,18,21). The summed E-state index contributed by atoms with van der Waals surface area (Å²) in [6, 6.07) is 4.85. The Kier molecular flexibility index (Phi) is 4.78. The minimum absolute atomic E-state index is 0.104. The summed E-state index contributed by atoms with van der Waals surface area (Å²) >= 11 is 6.07. The van der Waals surface area contributed by atoms with Crippen molar-refractivity contribution < 1.29 is 14.7 Å². The monoisotopic (exact) mass is 324 g/mol. The Labute approximate surface area is 135 Å². The van der Waals surface area contributed by atoms with Crippen LogP contribution in [0.5, 0.6) is 0 Å². The van der Waals surface area contributed by atoms with Gasteiger partial charge in [-0.25, -0.2) is 0 Å². The molecule has 0 radical (unpaired) electrons. The third kappa shape index (κ3) is 4.21. The zero-order valence-corrected chi connectivity index (χ0v) is 13.8. The van der Waals surface area contributed by atoms with Crippen LogP contribution >= 0.6 is 11.6 Å². The maximum Gasteiger partial charge on any atom is 0.255 e. The second kappa shape index (κ2) is 6.26. The van der Waals surface area contributed by atoms with Gasteiger partial charge in [0.1, 0.15) is 0 Å². The van der Waals surface area contributed by atoms with E-state index in [1.807, 2.05) is 20.8 Å². The molecular formula is C16H21ClN2O3. The predicted molar refractivity (Wildman–Crippen MR) is 86.1 cm³/mol. The number of carbonyl (C=O) groups is 2. The van der Waals surface area contributed by atoms with Gasteiger partial charge in [0.25, 0.3) is 5.91 Å². The zero-order chi connectivity index (χ0) is 16.5. The Balaban J connectivity index is 2.10. The molecule has 1 heterocycles. The Morgan fingerprint density at radius 1 is 1.36 bits per heavy atom. The van der Waals surface area contributed by atoms with Crippen LogP contribution in [-0.4, -0.2) is 41.0 Å². The number of nitrogens with zero attached hydrogens (tertiary/aromatic N) is 1. The van der Waals surface area contributed by atoms with E-state index in [0.29, 0.717) is 35.8 Å². The summed E-state index contributed by atoms with van der Waals surface area (Å²) in [5.74, 6) is -0.338. The third-order valence-electron chi connectivity index (χ3n) is 3.32. The predicted octanol–water partition coefficient (Wildman–Crippen LogP) is 2.53. The van der Waals surface area contributed by atoms with Gasteiger partial charge in [0.15, 0.2) is 0 Å². The van der Waals surface area contributed by atoms with Gasteiger partial charge in [-0.3, -0.25) is 9.59 Å². The largest absolute Gasteiger partial charge is 0.389 e. The number of β-amino-alcohol motifs (C(OH)–C–C–N with tert-alkyl or cyclic N) is 1. The molecule has 0 saturated carbocycles. The van der Waals surface area contributed by atoms with Crippen LogP contribution in [0.25, 0.3) is 0 Å². The summed E-state index contributed by atoms with van der Waals surface area (Å²) in [7, 11) is 0. The fourth-order valence-electron chi connectivity index (χ4n) is 2.25. The molecule has 6 heteroatoms. The van der Waals surface area contributed by atoms with Gasteiger partial charge in [0.2, 0.25) is 5.91 Å². The molecule has 1 aliphatic rings. The van der Waals surface area contributed by atoms with Crippen molar-refractivity contribution in [2.75, 3.05) is 18.4 Å². The van der Waals surface area contributed by atoms with E-state index in [2.05, 4.69) is 5.32 Å². The molecule has 0 unspecified atom stereocenters. The topological polar surface area (TPSA) is 69.6 Å². The Morgan fingerprint density at radius 2 is 2.00 bits per heavy atom. The number of likely N-dealkylation sites (tertiary alicyclic amines) is 1. The molecule has 2 rings (SSSR count). The van der Waals surface area contributed by atoms with Crippen LogP contribution in [-0.2, 0) is 4.79 Å². The number of hydrogen-bond acceptors (Lipinski definition) is 3. The molecule has 2 N–H and O–H groups in total. The van der Waals surface area contributed by atoms with E-state index in [0.717, 1.165) is 0 Å². The number of anilines is 1. The number of aliphatic hydroxyl groups is 1. The lowest BCUT2D eigenvalue weighted by molar-refractivity contribution is -0.117. The molecule has 120 valence electrons. The van der Waals surface area contributed by atoms with Crippen LogP contribution in [0.1, 0.15) is 37.6 Å². The van der Waals surface area contributed by atoms with Crippen molar-refractivity contribution in [1.82, 2.24) is 4.90 Å². The number of benzene rings is 1. The van der Waals surface area contributed by atoms with Crippen LogP contribution in [0.3, 0.4) is 0 Å². The second-order valence-electron chi connectivity index (χ2n) is 6.84. The highest BCUT2D eigenvalue weighted by molar-refractivity contribution is 6.34. The minimum atomic E-state index is -0.461. The van der Waals surface area contributed by atoms with E-state index >= 15 is 0 Å². The molecule has 22 heavy (non-hydrogen) atoms. The maximum absolute atomic E-state index is 12.3. The number of nitrogens with one attached hydrogen (secondary N) is 1. The number of amides is 2. The van der Waals surface area contributed by atoms with Crippen molar-refractivity contribution in [3.63, 3.8) is 0 Å². The molecule has 0 aliphatic carbocycles. The van der Waals surface area contributed by atoms with Crippen LogP contribution in [0.15, 0.2) is 18.2 Å². The highest BCUT2D eigenvalue weighted by Crippen LogP contribution is 2.25. The fraction of sp³-hybridized carbons (Fsp3) is 0.500. The van der Waals surface area contributed by atoms with Gasteiger partial charge in [-0.15, -0.1) is 0 Å². The molecule has 0 aromatic heterocycles. The first kappa shape index (κ1) is 16.8. The lowest BCUT2D eigenvalue weighted by atomic mass is 9.92. The average molecular weight is 325 g/mol. The van der Waals surface area contributed by atoms with Crippen molar-refractivity contribution in [2.24, 2.45) is 5.41 Å². The van der Waals surface area contributed by atoms with Crippen molar-refractivity contribution in [3.05, 3.63) is 28.8 Å². The van der Waals surface area contributed by atoms with Crippen LogP contribution in [0.2, 0.25) is 5.02 Å². The summed E-state index contributed by atoms with van der Waals surface area (Å²) in [5.41, 5.74) is 0.772. The summed E-state index contributed by atoms with van der Waals surface area (Å²) in [6.07, 6.45) is -0.0746. The molecule has 1 fully saturated rings. The van der Waals surface area contributed by atoms with Crippen molar-refractivity contribution in [1.29, 1.82) is 0 Å². The number of rotatable bonds is 3. The van der Waals surface area contributed by atoms with Gasteiger partial charge >= 0.3 is 0 Å². The van der Waals surface area contributed by atoms with Gasteiger partial charge < -0.3 is 15.3 Å². The van der Waals surface area contributed by atoms with Crippen molar-refractivity contribution >= 4 is 29.1 Å². The highest BCUT2D eigenvalue weighted by Gasteiger charge is 2.30. The van der Waals surface area contributed by atoms with Crippen molar-refractivity contribution in [3.8, 4) is 0 Å². The van der Waals surface area contributed by atoms with Crippen LogP contribution < -0.4 is 5.32 Å². The first-order valence-electron chi connectivity index (χ1n) is 7.22. The van der Waals surface area contributed by atoms with E-state index < -0.39 is 6.10 Å². The van der Waals surface area contributed by atoms with Gasteiger partial charge in [0.05, 0.1) is 16.7 Å². The first-order chi connectivity index (χ1) is 10.2. The molecule has 2 amide bonds. The molecule has 1 aromatic rings. The fourth-order valence-corrected chi connectivity index (χ4v) is 2.44. The molecule has 5 nitrogen and oxygen atoms in total. The minimum Gasteiger partial charge on any atom is -0.389 e. The molecule has 1 aliphatic heterocycles. The third-order valence-corrected chi connectivity index (χ3v) is 3.65. The van der Waals surface area contributed by atoms with Gasteiger partial charge in [0, 0.05) is 25.2 Å². The van der Waals surface area contributed by atoms with E-state index in [9.17, 15) is 14.7 Å². The van der Waals surface area contributed by atoms with Gasteiger partial charge in [-0.05, 0) is 23.6 Å². The summed E-state index contributed by atoms with van der Waals surface area (Å²) in [4.78, 5) is 25.8. The van der Waals surface area contributed by atoms with E-state index in [-0.39, 0.29) is 17.2 Å². The van der Waals surface area contributed by atoms with E-state index in [4.69, 9.17) is 11.6 Å². The zero-order valence-electron chi connectivity index (χ0n) is 13.0. The van der Waals surface area contributed by atoms with E-state index in [1.165, 1.54) is 4.90 Å². The Morgan fingerprint density at radius 3 is 2.55 bits per heavy atom. The number of carbonyl (C=O) groups excluding carboxylic acids is 2. The SMILES string of the molecule is CC(C)(C)CC(=O)Nc1ccc(Cl)c(C(=O)N2CC(O)C2)c1. The molecular weight excluding hydrogens is 304 g/mol. The summed E-state index contributed by atoms with van der Waals surface area (Å²) in [6.45, 7) is 6.58. The van der Waals surface area contributed by atoms with Crippen LogP contribution in [0, 0.1) is 5.41 Å². The number of halogens is 1. The highest BCUT2D eigenvalue weighted by atomic mass is 35.5. The molecule has 0 spiro atoms. The quantitative estimate of drug-likeness (QED) is 0.897. The molecule has 0 atom stereocenters. The second-order valence-corrected chi connectivity index (χ2v) is 7.25. The number of aliphatic hydroxyl groups excluding tert-OH is 1. The summed E-state index contributed by atoms with van der Waals surface area (Å²) in [5, 5.41) is 12.4. The van der Waals surface area contributed by atoms with E-state index in [1.54, 1.807) is 18.2 Å².